The number of benzene rings is 8. The second kappa shape index (κ2) is 12.1. The summed E-state index contributed by atoms with van der Waals surface area (Å²) in [5, 5.41) is 0. The van der Waals surface area contributed by atoms with E-state index in [1.54, 1.807) is 0 Å². The molecule has 0 bridgehead atoms. The minimum Gasteiger partial charge on any atom is -0.310 e. The van der Waals surface area contributed by atoms with Crippen LogP contribution in [0, 0.1) is 0 Å². The fourth-order valence-electron chi connectivity index (χ4n) is 9.35. The molecule has 0 fully saturated rings. The van der Waals surface area contributed by atoms with E-state index in [9.17, 15) is 0 Å². The Labute approximate surface area is 312 Å². The quantitative estimate of drug-likeness (QED) is 0.169. The first-order valence-electron chi connectivity index (χ1n) is 18.6. The Kier molecular flexibility index (Phi) is 7.13. The summed E-state index contributed by atoms with van der Waals surface area (Å²) >= 11 is 0. The molecule has 0 aliphatic heterocycles. The lowest BCUT2D eigenvalue weighted by Crippen LogP contribution is -2.28. The van der Waals surface area contributed by atoms with Gasteiger partial charge in [0.1, 0.15) is 0 Å². The van der Waals surface area contributed by atoms with E-state index in [1.807, 2.05) is 0 Å². The molecule has 0 saturated heterocycles. The summed E-state index contributed by atoms with van der Waals surface area (Å²) in [5.41, 5.74) is 18.6. The lowest BCUT2D eigenvalue weighted by Gasteiger charge is -2.34. The molecule has 8 aromatic carbocycles. The molecule has 0 heterocycles. The maximum atomic E-state index is 2.44. The molecule has 53 heavy (non-hydrogen) atoms. The van der Waals surface area contributed by atoms with Crippen LogP contribution in [0.1, 0.15) is 47.2 Å². The molecule has 0 aromatic heterocycles. The number of rotatable bonds is 6. The van der Waals surface area contributed by atoms with Gasteiger partial charge < -0.3 is 4.90 Å². The van der Waals surface area contributed by atoms with E-state index in [2.05, 4.69) is 219 Å². The molecule has 0 atom stereocenters. The van der Waals surface area contributed by atoms with Crippen molar-refractivity contribution in [3.63, 3.8) is 0 Å². The van der Waals surface area contributed by atoms with Gasteiger partial charge in [-0.25, -0.2) is 0 Å². The van der Waals surface area contributed by atoms with Crippen LogP contribution in [0.5, 0.6) is 0 Å². The molecule has 1 nitrogen and oxygen atoms in total. The number of nitrogens with zero attached hydrogens (tertiary/aromatic N) is 1. The topological polar surface area (TPSA) is 3.24 Å². The van der Waals surface area contributed by atoms with Gasteiger partial charge in [-0.15, -0.1) is 0 Å². The van der Waals surface area contributed by atoms with Gasteiger partial charge in [0.2, 0.25) is 0 Å². The van der Waals surface area contributed by atoms with E-state index < -0.39 is 5.41 Å². The summed E-state index contributed by atoms with van der Waals surface area (Å²) < 4.78 is 0. The number of para-hydroxylation sites is 1. The standard InChI is InChI=1S/C52H39N/c1-51(2)45-25-14-12-23-42(45)43-34-31-37(35-48(43)51)36-29-32-41(33-30-36)53(40-21-10-5-11-22-40)49-28-16-27-47-50(49)44-24-13-15-26-46(44)52(47,38-17-6-3-7-18-38)39-19-8-4-9-20-39/h3-35H,1-2H3. The first-order chi connectivity index (χ1) is 26.1. The monoisotopic (exact) mass is 677 g/mol. The molecule has 0 spiro atoms. The minimum absolute atomic E-state index is 0.0370. The second-order valence-corrected chi connectivity index (χ2v) is 14.9. The molecular weight excluding hydrogens is 639 g/mol. The fraction of sp³-hybridized carbons (Fsp3) is 0.0769. The predicted molar refractivity (Wildman–Crippen MR) is 221 cm³/mol. The van der Waals surface area contributed by atoms with Crippen LogP contribution in [0.2, 0.25) is 0 Å². The van der Waals surface area contributed by atoms with Gasteiger partial charge in [-0.05, 0) is 97.6 Å². The van der Waals surface area contributed by atoms with Crippen molar-refractivity contribution in [2.75, 3.05) is 4.90 Å². The SMILES string of the molecule is CC1(C)c2ccccc2-c2ccc(-c3ccc(N(c4ccccc4)c4cccc5c4-c4ccccc4C5(c4ccccc4)c4ccccc4)cc3)cc21. The van der Waals surface area contributed by atoms with E-state index in [0.29, 0.717) is 0 Å². The van der Waals surface area contributed by atoms with Crippen molar-refractivity contribution in [3.05, 3.63) is 234 Å². The van der Waals surface area contributed by atoms with Crippen LogP contribution in [0.15, 0.2) is 200 Å². The maximum Gasteiger partial charge on any atom is 0.0714 e. The normalized spacial score (nSPS) is 14.2. The first-order valence-corrected chi connectivity index (χ1v) is 18.6. The van der Waals surface area contributed by atoms with E-state index >= 15 is 0 Å². The lowest BCUT2D eigenvalue weighted by atomic mass is 9.68. The average Bonchev–Trinajstić information content (AvgIpc) is 3.66. The summed E-state index contributed by atoms with van der Waals surface area (Å²) in [6, 6.07) is 73.8. The van der Waals surface area contributed by atoms with Gasteiger partial charge in [0.05, 0.1) is 11.1 Å². The Morgan fingerprint density at radius 1 is 0.358 bits per heavy atom. The maximum absolute atomic E-state index is 2.44. The molecule has 8 aromatic rings. The van der Waals surface area contributed by atoms with Gasteiger partial charge in [-0.1, -0.05) is 178 Å². The highest BCUT2D eigenvalue weighted by Crippen LogP contribution is 2.59. The van der Waals surface area contributed by atoms with Crippen LogP contribution in [-0.4, -0.2) is 0 Å². The van der Waals surface area contributed by atoms with Crippen molar-refractivity contribution in [1.82, 2.24) is 0 Å². The molecule has 0 radical (unpaired) electrons. The van der Waals surface area contributed by atoms with Crippen molar-refractivity contribution in [2.45, 2.75) is 24.7 Å². The Hall–Kier alpha value is -6.44. The van der Waals surface area contributed by atoms with Gasteiger partial charge >= 0.3 is 0 Å². The van der Waals surface area contributed by atoms with Gasteiger partial charge in [0, 0.05) is 22.4 Å². The molecular formula is C52H39N. The zero-order chi connectivity index (χ0) is 35.6. The Morgan fingerprint density at radius 3 is 1.55 bits per heavy atom. The minimum atomic E-state index is -0.461. The second-order valence-electron chi connectivity index (χ2n) is 14.9. The van der Waals surface area contributed by atoms with Crippen molar-refractivity contribution >= 4 is 17.1 Å². The van der Waals surface area contributed by atoms with Gasteiger partial charge in [0.15, 0.2) is 0 Å². The third-order valence-electron chi connectivity index (χ3n) is 11.8. The van der Waals surface area contributed by atoms with Crippen molar-refractivity contribution in [1.29, 1.82) is 0 Å². The van der Waals surface area contributed by atoms with Gasteiger partial charge in [-0.3, -0.25) is 0 Å². The van der Waals surface area contributed by atoms with Crippen LogP contribution in [0.3, 0.4) is 0 Å². The third-order valence-corrected chi connectivity index (χ3v) is 11.8. The molecule has 2 aliphatic rings. The Bertz CT molecular complexity index is 2580. The van der Waals surface area contributed by atoms with Crippen LogP contribution < -0.4 is 4.90 Å². The zero-order valence-corrected chi connectivity index (χ0v) is 30.0. The summed E-state index contributed by atoms with van der Waals surface area (Å²) in [5.74, 6) is 0. The number of hydrogen-bond donors (Lipinski definition) is 0. The summed E-state index contributed by atoms with van der Waals surface area (Å²) in [6.45, 7) is 4.70. The summed E-state index contributed by atoms with van der Waals surface area (Å²) in [7, 11) is 0. The molecule has 2 aliphatic carbocycles. The largest absolute Gasteiger partial charge is 0.310 e. The highest BCUT2D eigenvalue weighted by Gasteiger charge is 2.47. The molecule has 0 amide bonds. The Morgan fingerprint density at radius 2 is 0.868 bits per heavy atom. The van der Waals surface area contributed by atoms with Crippen molar-refractivity contribution in [2.24, 2.45) is 0 Å². The van der Waals surface area contributed by atoms with E-state index in [1.165, 1.54) is 72.4 Å². The lowest BCUT2D eigenvalue weighted by molar-refractivity contribution is 0.660. The number of anilines is 3. The van der Waals surface area contributed by atoms with E-state index in [-0.39, 0.29) is 5.41 Å². The smallest absolute Gasteiger partial charge is 0.0714 e. The average molecular weight is 678 g/mol. The van der Waals surface area contributed by atoms with Gasteiger partial charge in [0.25, 0.3) is 0 Å². The Balaban J connectivity index is 1.14. The van der Waals surface area contributed by atoms with Crippen LogP contribution >= 0.6 is 0 Å². The van der Waals surface area contributed by atoms with Crippen molar-refractivity contribution < 1.29 is 0 Å². The molecule has 0 N–H and O–H groups in total. The molecule has 1 heteroatoms. The van der Waals surface area contributed by atoms with E-state index in [0.717, 1.165) is 11.4 Å². The van der Waals surface area contributed by atoms with Crippen LogP contribution in [0.4, 0.5) is 17.1 Å². The summed E-state index contributed by atoms with van der Waals surface area (Å²) in [4.78, 5) is 2.44. The molecule has 252 valence electrons. The van der Waals surface area contributed by atoms with Crippen LogP contribution in [-0.2, 0) is 10.8 Å². The number of hydrogen-bond acceptors (Lipinski definition) is 1. The van der Waals surface area contributed by atoms with Gasteiger partial charge in [-0.2, -0.15) is 0 Å². The van der Waals surface area contributed by atoms with E-state index in [4.69, 9.17) is 0 Å². The third kappa shape index (κ3) is 4.64. The fourth-order valence-corrected chi connectivity index (χ4v) is 9.35. The van der Waals surface area contributed by atoms with Crippen molar-refractivity contribution in [3.8, 4) is 33.4 Å². The highest BCUT2D eigenvalue weighted by molar-refractivity contribution is 5.97. The summed E-state index contributed by atoms with van der Waals surface area (Å²) in [6.07, 6.45) is 0. The molecule has 0 saturated carbocycles. The molecule has 10 rings (SSSR count). The number of fused-ring (bicyclic) bond motifs is 6. The highest BCUT2D eigenvalue weighted by atomic mass is 15.1. The first kappa shape index (κ1) is 31.3. The predicted octanol–water partition coefficient (Wildman–Crippen LogP) is 13.5. The van der Waals surface area contributed by atoms with Crippen LogP contribution in [0.25, 0.3) is 33.4 Å². The zero-order valence-electron chi connectivity index (χ0n) is 30.0. The molecule has 0 unspecified atom stereocenters.